The number of ether oxygens (including phenoxy) is 1. The first-order valence-corrected chi connectivity index (χ1v) is 12.5. The highest BCUT2D eigenvalue weighted by molar-refractivity contribution is 8.02. The molecule has 2 aromatic rings. The van der Waals surface area contributed by atoms with Crippen LogP contribution in [0.1, 0.15) is 61.8 Å². The van der Waals surface area contributed by atoms with E-state index < -0.39 is 5.25 Å². The second-order valence-corrected chi connectivity index (χ2v) is 12.1. The SMILES string of the molecule is CCOC(=O)c1c(NC(=O)C(C)Sc2nnc(N)s2)sc2c1CCC(C(C)(C)C)C2. The number of rotatable bonds is 6. The molecule has 7 nitrogen and oxygen atoms in total. The Morgan fingerprint density at radius 3 is 2.67 bits per heavy atom. The van der Waals surface area contributed by atoms with Crippen LogP contribution in [-0.2, 0) is 22.4 Å². The van der Waals surface area contributed by atoms with Crippen molar-refractivity contribution in [3.63, 3.8) is 0 Å². The number of amides is 1. The third-order valence-corrected chi connectivity index (χ3v) is 8.38. The fraction of sp³-hybridized carbons (Fsp3) is 0.600. The Morgan fingerprint density at radius 2 is 2.07 bits per heavy atom. The van der Waals surface area contributed by atoms with Gasteiger partial charge in [0.15, 0.2) is 4.34 Å². The van der Waals surface area contributed by atoms with Crippen LogP contribution in [0.3, 0.4) is 0 Å². The molecule has 0 aromatic carbocycles. The summed E-state index contributed by atoms with van der Waals surface area (Å²) in [5.74, 6) is -0.0124. The molecule has 2 heterocycles. The number of hydrogen-bond acceptors (Lipinski definition) is 9. The highest BCUT2D eigenvalue weighted by Crippen LogP contribution is 2.44. The molecule has 2 unspecified atom stereocenters. The first-order valence-electron chi connectivity index (χ1n) is 9.98. The summed E-state index contributed by atoms with van der Waals surface area (Å²) in [6.07, 6.45) is 2.77. The van der Waals surface area contributed by atoms with Crippen LogP contribution < -0.4 is 11.1 Å². The number of nitrogens with zero attached hydrogens (tertiary/aromatic N) is 2. The number of carbonyl (C=O) groups is 2. The van der Waals surface area contributed by atoms with Crippen LogP contribution in [0.25, 0.3) is 0 Å². The van der Waals surface area contributed by atoms with E-state index in [1.807, 2.05) is 0 Å². The molecule has 0 radical (unpaired) electrons. The summed E-state index contributed by atoms with van der Waals surface area (Å²) in [5, 5.41) is 11.2. The summed E-state index contributed by atoms with van der Waals surface area (Å²) >= 11 is 4.05. The van der Waals surface area contributed by atoms with Gasteiger partial charge in [-0.05, 0) is 50.0 Å². The van der Waals surface area contributed by atoms with Gasteiger partial charge < -0.3 is 15.8 Å². The minimum atomic E-state index is -0.408. The molecule has 0 bridgehead atoms. The second-order valence-electron chi connectivity index (χ2n) is 8.39. The molecule has 3 rings (SSSR count). The van der Waals surface area contributed by atoms with E-state index in [2.05, 4.69) is 36.3 Å². The highest BCUT2D eigenvalue weighted by Gasteiger charge is 2.34. The molecule has 10 heteroatoms. The quantitative estimate of drug-likeness (QED) is 0.470. The van der Waals surface area contributed by atoms with E-state index in [9.17, 15) is 9.59 Å². The Balaban J connectivity index is 1.83. The minimum Gasteiger partial charge on any atom is -0.462 e. The molecule has 0 aliphatic heterocycles. The Labute approximate surface area is 189 Å². The smallest absolute Gasteiger partial charge is 0.341 e. The van der Waals surface area contributed by atoms with Crippen molar-refractivity contribution in [3.05, 3.63) is 16.0 Å². The van der Waals surface area contributed by atoms with Gasteiger partial charge in [0.05, 0.1) is 17.4 Å². The van der Waals surface area contributed by atoms with E-state index >= 15 is 0 Å². The number of esters is 1. The molecule has 0 saturated carbocycles. The number of hydrogen-bond donors (Lipinski definition) is 2. The van der Waals surface area contributed by atoms with Crippen molar-refractivity contribution in [1.29, 1.82) is 0 Å². The van der Waals surface area contributed by atoms with E-state index in [1.165, 1.54) is 39.3 Å². The summed E-state index contributed by atoms with van der Waals surface area (Å²) in [4.78, 5) is 26.7. The van der Waals surface area contributed by atoms with Crippen molar-refractivity contribution in [3.8, 4) is 0 Å². The van der Waals surface area contributed by atoms with Crippen molar-refractivity contribution in [1.82, 2.24) is 10.2 Å². The molecule has 1 aliphatic carbocycles. The number of nitrogens with two attached hydrogens (primary N) is 1. The van der Waals surface area contributed by atoms with E-state index in [0.717, 1.165) is 24.8 Å². The number of thioether (sulfide) groups is 1. The van der Waals surface area contributed by atoms with E-state index in [0.29, 0.717) is 32.6 Å². The van der Waals surface area contributed by atoms with Crippen LogP contribution in [0.2, 0.25) is 0 Å². The summed E-state index contributed by atoms with van der Waals surface area (Å²) in [6, 6.07) is 0. The number of nitrogens with one attached hydrogen (secondary N) is 1. The lowest BCUT2D eigenvalue weighted by Gasteiger charge is -2.33. The zero-order chi connectivity index (χ0) is 22.1. The number of carbonyl (C=O) groups excluding carboxylic acids is 2. The number of nitrogen functional groups attached to an aromatic ring is 1. The summed E-state index contributed by atoms with van der Waals surface area (Å²) in [7, 11) is 0. The van der Waals surface area contributed by atoms with Crippen molar-refractivity contribution in [2.24, 2.45) is 11.3 Å². The first-order chi connectivity index (χ1) is 14.1. The fourth-order valence-corrected chi connectivity index (χ4v) is 6.62. The van der Waals surface area contributed by atoms with Gasteiger partial charge >= 0.3 is 5.97 Å². The van der Waals surface area contributed by atoms with E-state index in [1.54, 1.807) is 13.8 Å². The monoisotopic (exact) mass is 468 g/mol. The standard InChI is InChI=1S/C20H28N4O3S3/c1-6-27-17(26)14-12-8-7-11(20(3,4)5)9-13(12)29-16(14)22-15(25)10(2)28-19-24-23-18(21)30-19/h10-11H,6-9H2,1-5H3,(H2,21,23)(H,22,25). The Morgan fingerprint density at radius 1 is 1.33 bits per heavy atom. The topological polar surface area (TPSA) is 107 Å². The summed E-state index contributed by atoms with van der Waals surface area (Å²) in [5.41, 5.74) is 7.37. The van der Waals surface area contributed by atoms with Gasteiger partial charge in [-0.3, -0.25) is 4.79 Å². The fourth-order valence-electron chi connectivity index (χ4n) is 3.52. The lowest BCUT2D eigenvalue weighted by Crippen LogP contribution is -2.27. The zero-order valence-electron chi connectivity index (χ0n) is 17.9. The molecule has 1 aliphatic rings. The minimum absolute atomic E-state index is 0.190. The van der Waals surface area contributed by atoms with E-state index in [4.69, 9.17) is 10.5 Å². The van der Waals surface area contributed by atoms with Crippen molar-refractivity contribution >= 4 is 56.4 Å². The molecular weight excluding hydrogens is 440 g/mol. The average Bonchev–Trinajstić information content (AvgIpc) is 3.23. The highest BCUT2D eigenvalue weighted by atomic mass is 32.2. The maximum absolute atomic E-state index is 12.8. The van der Waals surface area contributed by atoms with Gasteiger partial charge in [-0.2, -0.15) is 0 Å². The van der Waals surface area contributed by atoms with E-state index in [-0.39, 0.29) is 17.3 Å². The molecule has 0 fully saturated rings. The molecule has 1 amide bonds. The van der Waals surface area contributed by atoms with Crippen LogP contribution in [0, 0.1) is 11.3 Å². The van der Waals surface area contributed by atoms with Gasteiger partial charge in [-0.1, -0.05) is 43.9 Å². The lowest BCUT2D eigenvalue weighted by molar-refractivity contribution is -0.115. The summed E-state index contributed by atoms with van der Waals surface area (Å²) in [6.45, 7) is 10.6. The Hall–Kier alpha value is -1.65. The zero-order valence-corrected chi connectivity index (χ0v) is 20.4. The van der Waals surface area contributed by atoms with Crippen LogP contribution in [0.5, 0.6) is 0 Å². The van der Waals surface area contributed by atoms with Gasteiger partial charge in [0.2, 0.25) is 11.0 Å². The van der Waals surface area contributed by atoms with Crippen LogP contribution in [0.15, 0.2) is 4.34 Å². The number of fused-ring (bicyclic) bond motifs is 1. The third kappa shape index (κ3) is 5.15. The van der Waals surface area contributed by atoms with Crippen LogP contribution >= 0.6 is 34.4 Å². The molecule has 0 saturated heterocycles. The Kier molecular flexibility index (Phi) is 7.09. The molecule has 2 aromatic heterocycles. The molecule has 0 spiro atoms. The van der Waals surface area contributed by atoms with Crippen molar-refractivity contribution in [2.45, 2.75) is 63.5 Å². The van der Waals surface area contributed by atoms with Gasteiger partial charge in [-0.15, -0.1) is 21.5 Å². The molecular formula is C20H28N4O3S3. The average molecular weight is 469 g/mol. The van der Waals surface area contributed by atoms with Gasteiger partial charge in [0.25, 0.3) is 0 Å². The normalized spacial score (nSPS) is 17.3. The summed E-state index contributed by atoms with van der Waals surface area (Å²) < 4.78 is 5.95. The van der Waals surface area contributed by atoms with Crippen LogP contribution in [0.4, 0.5) is 10.1 Å². The molecule has 3 N–H and O–H groups in total. The van der Waals surface area contributed by atoms with Crippen molar-refractivity contribution < 1.29 is 14.3 Å². The molecule has 164 valence electrons. The Bertz CT molecular complexity index is 932. The second kappa shape index (κ2) is 9.23. The molecule has 2 atom stereocenters. The van der Waals surface area contributed by atoms with Gasteiger partial charge in [0, 0.05) is 4.88 Å². The molecule has 30 heavy (non-hydrogen) atoms. The van der Waals surface area contributed by atoms with Crippen LogP contribution in [-0.4, -0.2) is 33.9 Å². The maximum Gasteiger partial charge on any atom is 0.341 e. The number of aromatic nitrogens is 2. The van der Waals surface area contributed by atoms with Gasteiger partial charge in [0.1, 0.15) is 5.00 Å². The lowest BCUT2D eigenvalue weighted by atomic mass is 9.72. The predicted octanol–water partition coefficient (Wildman–Crippen LogP) is 4.63. The van der Waals surface area contributed by atoms with Gasteiger partial charge in [-0.25, -0.2) is 4.79 Å². The first kappa shape index (κ1) is 23.0. The predicted molar refractivity (Wildman–Crippen MR) is 124 cm³/mol. The van der Waals surface area contributed by atoms with Crippen molar-refractivity contribution in [2.75, 3.05) is 17.7 Å². The largest absolute Gasteiger partial charge is 0.462 e. The third-order valence-electron chi connectivity index (χ3n) is 5.28. The maximum atomic E-state index is 12.8. The number of thiophene rings is 1. The number of anilines is 2.